The van der Waals surface area contributed by atoms with Gasteiger partial charge in [-0.1, -0.05) is 6.92 Å². The molecule has 2 rings (SSSR count). The number of ether oxygens (including phenoxy) is 1. The molecule has 1 N–H and O–H groups in total. The standard InChI is InChI=1S/C14H18FN5O/c1-4-6-17-13-18-12(10-5-7-16-8-11(10)15)19-14(20-13)21-9(2)3/h5,7-9H,4,6H2,1-3H3,(H,17,18,19,20). The van der Waals surface area contributed by atoms with Crippen molar-refractivity contribution in [3.05, 3.63) is 24.3 Å². The van der Waals surface area contributed by atoms with Crippen molar-refractivity contribution in [2.45, 2.75) is 33.3 Å². The second-order valence-electron chi connectivity index (χ2n) is 4.71. The number of anilines is 1. The van der Waals surface area contributed by atoms with E-state index in [9.17, 15) is 4.39 Å². The number of aromatic nitrogens is 4. The van der Waals surface area contributed by atoms with Gasteiger partial charge in [-0.05, 0) is 26.3 Å². The molecule has 2 aromatic rings. The maximum absolute atomic E-state index is 13.8. The lowest BCUT2D eigenvalue weighted by molar-refractivity contribution is 0.222. The SMILES string of the molecule is CCCNc1nc(OC(C)C)nc(-c2ccncc2F)n1. The van der Waals surface area contributed by atoms with Crippen molar-refractivity contribution in [3.8, 4) is 17.4 Å². The lowest BCUT2D eigenvalue weighted by Gasteiger charge is -2.11. The first-order valence-electron chi connectivity index (χ1n) is 6.86. The van der Waals surface area contributed by atoms with Crippen LogP contribution in [0.25, 0.3) is 11.4 Å². The topological polar surface area (TPSA) is 72.8 Å². The molecule has 0 bridgehead atoms. The molecule has 21 heavy (non-hydrogen) atoms. The van der Waals surface area contributed by atoms with Crippen molar-refractivity contribution < 1.29 is 9.13 Å². The van der Waals surface area contributed by atoms with E-state index in [4.69, 9.17) is 4.74 Å². The molecule has 0 saturated heterocycles. The Morgan fingerprint density at radius 2 is 2.10 bits per heavy atom. The van der Waals surface area contributed by atoms with Crippen LogP contribution < -0.4 is 10.1 Å². The molecule has 112 valence electrons. The van der Waals surface area contributed by atoms with E-state index in [0.717, 1.165) is 12.6 Å². The number of hydrogen-bond acceptors (Lipinski definition) is 6. The van der Waals surface area contributed by atoms with Crippen molar-refractivity contribution in [2.24, 2.45) is 0 Å². The minimum absolute atomic E-state index is 0.0819. The molecule has 0 fully saturated rings. The molecule has 0 saturated carbocycles. The molecule has 0 unspecified atom stereocenters. The smallest absolute Gasteiger partial charge is 0.322 e. The summed E-state index contributed by atoms with van der Waals surface area (Å²) < 4.78 is 19.3. The minimum atomic E-state index is -0.486. The number of halogens is 1. The highest BCUT2D eigenvalue weighted by molar-refractivity contribution is 5.56. The van der Waals surface area contributed by atoms with Crippen LogP contribution in [0.3, 0.4) is 0 Å². The first-order valence-corrected chi connectivity index (χ1v) is 6.86. The molecule has 0 aliphatic rings. The largest absolute Gasteiger partial charge is 0.461 e. The van der Waals surface area contributed by atoms with Gasteiger partial charge in [0, 0.05) is 12.7 Å². The first-order chi connectivity index (χ1) is 10.1. The van der Waals surface area contributed by atoms with Crippen LogP contribution in [-0.4, -0.2) is 32.6 Å². The monoisotopic (exact) mass is 291 g/mol. The summed E-state index contributed by atoms with van der Waals surface area (Å²) in [5.74, 6) is 0.105. The fourth-order valence-corrected chi connectivity index (χ4v) is 1.61. The molecule has 2 heterocycles. The Bertz CT molecular complexity index is 606. The van der Waals surface area contributed by atoms with Crippen LogP contribution in [0.2, 0.25) is 0 Å². The van der Waals surface area contributed by atoms with Gasteiger partial charge in [0.2, 0.25) is 5.95 Å². The minimum Gasteiger partial charge on any atom is -0.461 e. The number of pyridine rings is 1. The van der Waals surface area contributed by atoms with Gasteiger partial charge in [-0.15, -0.1) is 0 Å². The number of nitrogens with zero attached hydrogens (tertiary/aromatic N) is 4. The van der Waals surface area contributed by atoms with E-state index in [1.54, 1.807) is 0 Å². The molecule has 0 spiro atoms. The third kappa shape index (κ3) is 4.08. The third-order valence-corrected chi connectivity index (χ3v) is 2.50. The fourth-order valence-electron chi connectivity index (χ4n) is 1.61. The Balaban J connectivity index is 2.41. The first kappa shape index (κ1) is 15.1. The molecule has 2 aromatic heterocycles. The van der Waals surface area contributed by atoms with Crippen molar-refractivity contribution in [1.29, 1.82) is 0 Å². The highest BCUT2D eigenvalue weighted by Gasteiger charge is 2.13. The number of rotatable bonds is 6. The fraction of sp³-hybridized carbons (Fsp3) is 0.429. The maximum Gasteiger partial charge on any atom is 0.322 e. The van der Waals surface area contributed by atoms with Gasteiger partial charge >= 0.3 is 6.01 Å². The Labute approximate surface area is 122 Å². The predicted molar refractivity (Wildman–Crippen MR) is 77.6 cm³/mol. The summed E-state index contributed by atoms with van der Waals surface area (Å²) in [6.45, 7) is 6.48. The predicted octanol–water partition coefficient (Wildman–Crippen LogP) is 2.68. The molecule has 7 heteroatoms. The van der Waals surface area contributed by atoms with Gasteiger partial charge < -0.3 is 10.1 Å². The van der Waals surface area contributed by atoms with Crippen LogP contribution in [0.1, 0.15) is 27.2 Å². The van der Waals surface area contributed by atoms with Crippen LogP contribution >= 0.6 is 0 Å². The second kappa shape index (κ2) is 6.92. The van der Waals surface area contributed by atoms with E-state index in [1.807, 2.05) is 20.8 Å². The van der Waals surface area contributed by atoms with Crippen LogP contribution in [-0.2, 0) is 0 Å². The molecule has 0 atom stereocenters. The van der Waals surface area contributed by atoms with Crippen LogP contribution in [0.15, 0.2) is 18.5 Å². The molecule has 0 aliphatic heterocycles. The second-order valence-corrected chi connectivity index (χ2v) is 4.71. The van der Waals surface area contributed by atoms with Crippen molar-refractivity contribution >= 4 is 5.95 Å². The quantitative estimate of drug-likeness (QED) is 0.882. The zero-order valence-electron chi connectivity index (χ0n) is 12.3. The maximum atomic E-state index is 13.8. The Kier molecular flexibility index (Phi) is 4.97. The Morgan fingerprint density at radius 3 is 2.76 bits per heavy atom. The van der Waals surface area contributed by atoms with Gasteiger partial charge in [-0.25, -0.2) is 4.39 Å². The van der Waals surface area contributed by atoms with Gasteiger partial charge in [0.05, 0.1) is 17.9 Å². The molecule has 0 amide bonds. The van der Waals surface area contributed by atoms with E-state index in [2.05, 4.69) is 25.3 Å². The van der Waals surface area contributed by atoms with Crippen molar-refractivity contribution in [2.75, 3.05) is 11.9 Å². The van der Waals surface area contributed by atoms with E-state index in [-0.39, 0.29) is 23.5 Å². The zero-order chi connectivity index (χ0) is 15.2. The number of hydrogen-bond donors (Lipinski definition) is 1. The normalized spacial score (nSPS) is 10.7. The van der Waals surface area contributed by atoms with Gasteiger partial charge in [0.25, 0.3) is 0 Å². The molecule has 6 nitrogen and oxygen atoms in total. The van der Waals surface area contributed by atoms with E-state index < -0.39 is 5.82 Å². The zero-order valence-corrected chi connectivity index (χ0v) is 12.3. The van der Waals surface area contributed by atoms with Gasteiger partial charge in [0.15, 0.2) is 11.6 Å². The lowest BCUT2D eigenvalue weighted by Crippen LogP contribution is -2.12. The van der Waals surface area contributed by atoms with Gasteiger partial charge in [0.1, 0.15) is 0 Å². The summed E-state index contributed by atoms with van der Waals surface area (Å²) in [5, 5.41) is 3.06. The highest BCUT2D eigenvalue weighted by atomic mass is 19.1. The summed E-state index contributed by atoms with van der Waals surface area (Å²) in [5.41, 5.74) is 0.264. The summed E-state index contributed by atoms with van der Waals surface area (Å²) >= 11 is 0. The van der Waals surface area contributed by atoms with E-state index in [0.29, 0.717) is 12.5 Å². The van der Waals surface area contributed by atoms with E-state index in [1.165, 1.54) is 12.3 Å². The summed E-state index contributed by atoms with van der Waals surface area (Å²) in [6, 6.07) is 1.69. The lowest BCUT2D eigenvalue weighted by atomic mass is 10.2. The summed E-state index contributed by atoms with van der Waals surface area (Å²) in [6.07, 6.45) is 3.46. The average molecular weight is 291 g/mol. The Morgan fingerprint density at radius 1 is 1.29 bits per heavy atom. The van der Waals surface area contributed by atoms with Gasteiger partial charge in [-0.3, -0.25) is 4.98 Å². The van der Waals surface area contributed by atoms with Crippen LogP contribution in [0, 0.1) is 5.82 Å². The van der Waals surface area contributed by atoms with Crippen molar-refractivity contribution in [3.63, 3.8) is 0 Å². The third-order valence-electron chi connectivity index (χ3n) is 2.50. The molecule has 0 aromatic carbocycles. The van der Waals surface area contributed by atoms with Crippen LogP contribution in [0.5, 0.6) is 6.01 Å². The van der Waals surface area contributed by atoms with Crippen molar-refractivity contribution in [1.82, 2.24) is 19.9 Å². The van der Waals surface area contributed by atoms with Gasteiger partial charge in [-0.2, -0.15) is 15.0 Å². The summed E-state index contributed by atoms with van der Waals surface area (Å²) in [4.78, 5) is 16.3. The average Bonchev–Trinajstić information content (AvgIpc) is 2.44. The summed E-state index contributed by atoms with van der Waals surface area (Å²) in [7, 11) is 0. The molecule has 0 radical (unpaired) electrons. The van der Waals surface area contributed by atoms with E-state index >= 15 is 0 Å². The Hall–Kier alpha value is -2.31. The molecular formula is C14H18FN5O. The molecular weight excluding hydrogens is 273 g/mol. The highest BCUT2D eigenvalue weighted by Crippen LogP contribution is 2.21. The molecule has 0 aliphatic carbocycles. The van der Waals surface area contributed by atoms with Crippen LogP contribution in [0.4, 0.5) is 10.3 Å². The number of nitrogens with one attached hydrogen (secondary N) is 1.